The predicted octanol–water partition coefficient (Wildman–Crippen LogP) is 2.98. The van der Waals surface area contributed by atoms with Gasteiger partial charge >= 0.3 is 0 Å². The molecule has 3 aromatic heterocycles. The van der Waals surface area contributed by atoms with Gasteiger partial charge in [-0.2, -0.15) is 5.10 Å². The van der Waals surface area contributed by atoms with E-state index < -0.39 is 0 Å². The van der Waals surface area contributed by atoms with E-state index in [1.165, 1.54) is 5.56 Å². The minimum atomic E-state index is 0.814. The summed E-state index contributed by atoms with van der Waals surface area (Å²) in [6.07, 6.45) is 5.67. The van der Waals surface area contributed by atoms with Crippen molar-refractivity contribution < 1.29 is 0 Å². The van der Waals surface area contributed by atoms with Crippen LogP contribution in [0.1, 0.15) is 12.5 Å². The molecule has 0 amide bonds. The number of fused-ring (bicyclic) bond motifs is 2. The lowest BCUT2D eigenvalue weighted by Crippen LogP contribution is -2.20. The zero-order valence-corrected chi connectivity index (χ0v) is 14.1. The summed E-state index contributed by atoms with van der Waals surface area (Å²) in [6, 6.07) is 8.32. The Labute approximate surface area is 141 Å². The van der Waals surface area contributed by atoms with Gasteiger partial charge < -0.3 is 9.80 Å². The molecule has 0 aromatic carbocycles. The molecule has 122 valence electrons. The zero-order valence-electron chi connectivity index (χ0n) is 14.1. The van der Waals surface area contributed by atoms with Gasteiger partial charge in [-0.15, -0.1) is 0 Å². The van der Waals surface area contributed by atoms with Crippen LogP contribution in [0.5, 0.6) is 0 Å². The van der Waals surface area contributed by atoms with Crippen LogP contribution in [0.2, 0.25) is 0 Å². The molecule has 0 fully saturated rings. The molecular weight excluding hydrogens is 300 g/mol. The molecule has 4 rings (SSSR count). The van der Waals surface area contributed by atoms with Crippen molar-refractivity contribution in [3.63, 3.8) is 0 Å². The monoisotopic (exact) mass is 320 g/mol. The van der Waals surface area contributed by atoms with Crippen LogP contribution >= 0.6 is 0 Å². The third-order valence-corrected chi connectivity index (χ3v) is 4.37. The molecule has 0 spiro atoms. The average Bonchev–Trinajstić information content (AvgIpc) is 2.98. The quantitative estimate of drug-likeness (QED) is 0.726. The van der Waals surface area contributed by atoms with Gasteiger partial charge in [0, 0.05) is 50.7 Å². The van der Waals surface area contributed by atoms with E-state index in [0.29, 0.717) is 0 Å². The first-order valence-electron chi connectivity index (χ1n) is 8.10. The minimum Gasteiger partial charge on any atom is -0.367 e. The molecule has 0 unspecified atom stereocenters. The van der Waals surface area contributed by atoms with E-state index in [0.717, 1.165) is 41.7 Å². The number of hydrogen-bond donors (Lipinski definition) is 0. The van der Waals surface area contributed by atoms with Gasteiger partial charge in [-0.3, -0.25) is 4.68 Å². The maximum absolute atomic E-state index is 4.95. The fourth-order valence-electron chi connectivity index (χ4n) is 3.19. The van der Waals surface area contributed by atoms with Gasteiger partial charge in [0.2, 0.25) is 0 Å². The number of pyridine rings is 2. The zero-order chi connectivity index (χ0) is 16.7. The van der Waals surface area contributed by atoms with Gasteiger partial charge in [-0.25, -0.2) is 9.97 Å². The molecule has 3 aromatic rings. The molecule has 0 bridgehead atoms. The Morgan fingerprint density at radius 3 is 2.75 bits per heavy atom. The summed E-state index contributed by atoms with van der Waals surface area (Å²) in [5, 5.41) is 4.25. The number of anilines is 3. The molecule has 1 aliphatic rings. The Bertz CT molecular complexity index is 885. The van der Waals surface area contributed by atoms with Gasteiger partial charge in [-0.05, 0) is 25.1 Å². The first-order chi connectivity index (χ1) is 11.7. The second kappa shape index (κ2) is 5.63. The van der Waals surface area contributed by atoms with Crippen LogP contribution < -0.4 is 9.80 Å². The Hall–Kier alpha value is -2.89. The molecule has 0 radical (unpaired) electrons. The van der Waals surface area contributed by atoms with E-state index in [-0.39, 0.29) is 0 Å². The number of hydrogen-bond acceptors (Lipinski definition) is 5. The second-order valence-electron chi connectivity index (χ2n) is 6.03. The standard InChI is InChI=1S/C18H20N6/c1-4-24-17-13(6-5-9-19-17)11-22(2)16-8-7-15(21-18(16)24)14-10-20-23(3)12-14/h5-10,12H,4,11H2,1-3H3. The third-order valence-electron chi connectivity index (χ3n) is 4.37. The molecule has 6 nitrogen and oxygen atoms in total. The topological polar surface area (TPSA) is 50.1 Å². The third kappa shape index (κ3) is 2.31. The summed E-state index contributed by atoms with van der Waals surface area (Å²) in [7, 11) is 4.01. The predicted molar refractivity (Wildman–Crippen MR) is 95.5 cm³/mol. The summed E-state index contributed by atoms with van der Waals surface area (Å²) < 4.78 is 1.79. The second-order valence-corrected chi connectivity index (χ2v) is 6.03. The van der Waals surface area contributed by atoms with Gasteiger partial charge in [0.1, 0.15) is 5.82 Å². The van der Waals surface area contributed by atoms with E-state index in [1.54, 1.807) is 4.68 Å². The smallest absolute Gasteiger partial charge is 0.158 e. The fraction of sp³-hybridized carbons (Fsp3) is 0.278. The Kier molecular flexibility index (Phi) is 3.45. The lowest BCUT2D eigenvalue weighted by atomic mass is 10.2. The number of nitrogens with zero attached hydrogens (tertiary/aromatic N) is 6. The van der Waals surface area contributed by atoms with Crippen molar-refractivity contribution in [2.24, 2.45) is 7.05 Å². The maximum Gasteiger partial charge on any atom is 0.158 e. The summed E-state index contributed by atoms with van der Waals surface area (Å²) in [5.41, 5.74) is 4.27. The lowest BCUT2D eigenvalue weighted by molar-refractivity contribution is 0.768. The van der Waals surface area contributed by atoms with Gasteiger partial charge in [0.15, 0.2) is 5.82 Å². The molecule has 0 aliphatic carbocycles. The summed E-state index contributed by atoms with van der Waals surface area (Å²) in [5.74, 6) is 1.93. The molecule has 0 atom stereocenters. The van der Waals surface area contributed by atoms with Gasteiger partial charge in [-0.1, -0.05) is 6.07 Å². The highest BCUT2D eigenvalue weighted by Gasteiger charge is 2.25. The normalized spacial score (nSPS) is 13.5. The Morgan fingerprint density at radius 1 is 1.12 bits per heavy atom. The number of aromatic nitrogens is 4. The van der Waals surface area contributed by atoms with Gasteiger partial charge in [0.05, 0.1) is 17.6 Å². The highest BCUT2D eigenvalue weighted by Crippen LogP contribution is 2.38. The Balaban J connectivity index is 1.90. The van der Waals surface area contributed by atoms with Crippen LogP contribution in [0.3, 0.4) is 0 Å². The SMILES string of the molecule is CCN1c2ncccc2CN(C)c2ccc(-c3cnn(C)c3)nc21. The minimum absolute atomic E-state index is 0.814. The van der Waals surface area contributed by atoms with Crippen LogP contribution in [-0.4, -0.2) is 33.3 Å². The number of rotatable bonds is 2. The summed E-state index contributed by atoms with van der Waals surface area (Å²) >= 11 is 0. The van der Waals surface area contributed by atoms with E-state index in [9.17, 15) is 0 Å². The van der Waals surface area contributed by atoms with Crippen molar-refractivity contribution in [3.05, 3.63) is 48.4 Å². The van der Waals surface area contributed by atoms with Crippen LogP contribution in [0.15, 0.2) is 42.9 Å². The van der Waals surface area contributed by atoms with Crippen LogP contribution in [-0.2, 0) is 13.6 Å². The molecular formula is C18H20N6. The summed E-state index contributed by atoms with van der Waals surface area (Å²) in [4.78, 5) is 14.0. The lowest BCUT2D eigenvalue weighted by Gasteiger charge is -2.24. The van der Waals surface area contributed by atoms with E-state index in [2.05, 4.69) is 52.1 Å². The van der Waals surface area contributed by atoms with E-state index in [4.69, 9.17) is 4.98 Å². The summed E-state index contributed by atoms with van der Waals surface area (Å²) in [6.45, 7) is 3.76. The first kappa shape index (κ1) is 14.7. The fourth-order valence-corrected chi connectivity index (χ4v) is 3.19. The molecule has 0 N–H and O–H groups in total. The van der Waals surface area contributed by atoms with E-state index >= 15 is 0 Å². The molecule has 0 saturated heterocycles. The first-order valence-corrected chi connectivity index (χ1v) is 8.10. The highest BCUT2D eigenvalue weighted by molar-refractivity contribution is 5.78. The van der Waals surface area contributed by atoms with Crippen molar-refractivity contribution in [1.29, 1.82) is 0 Å². The molecule has 24 heavy (non-hydrogen) atoms. The van der Waals surface area contributed by atoms with Crippen molar-refractivity contribution in [3.8, 4) is 11.3 Å². The van der Waals surface area contributed by atoms with Crippen molar-refractivity contribution in [2.75, 3.05) is 23.4 Å². The van der Waals surface area contributed by atoms with E-state index in [1.807, 2.05) is 31.7 Å². The van der Waals surface area contributed by atoms with Crippen molar-refractivity contribution in [1.82, 2.24) is 19.7 Å². The largest absolute Gasteiger partial charge is 0.367 e. The molecule has 1 aliphatic heterocycles. The maximum atomic E-state index is 4.95. The van der Waals surface area contributed by atoms with Crippen LogP contribution in [0.4, 0.5) is 17.3 Å². The molecule has 6 heteroatoms. The van der Waals surface area contributed by atoms with Gasteiger partial charge in [0.25, 0.3) is 0 Å². The van der Waals surface area contributed by atoms with Crippen molar-refractivity contribution >= 4 is 17.3 Å². The van der Waals surface area contributed by atoms with Crippen LogP contribution in [0, 0.1) is 0 Å². The van der Waals surface area contributed by atoms with Crippen LogP contribution in [0.25, 0.3) is 11.3 Å². The average molecular weight is 320 g/mol. The highest BCUT2D eigenvalue weighted by atomic mass is 15.3. The van der Waals surface area contributed by atoms with Crippen molar-refractivity contribution in [2.45, 2.75) is 13.5 Å². The number of aryl methyl sites for hydroxylation is 1. The molecule has 0 saturated carbocycles. The molecule has 4 heterocycles. The Morgan fingerprint density at radius 2 is 2.00 bits per heavy atom.